The third-order valence-electron chi connectivity index (χ3n) is 7.54. The number of amides is 2. The van der Waals surface area contributed by atoms with Crippen LogP contribution in [0, 0.1) is 5.82 Å². The van der Waals surface area contributed by atoms with Crippen LogP contribution in [0.2, 0.25) is 5.02 Å². The smallest absolute Gasteiger partial charge is 0.243 e. The Morgan fingerprint density at radius 3 is 2.29 bits per heavy atom. The molecule has 1 N–H and O–H groups in total. The predicted octanol–water partition coefficient (Wildman–Crippen LogP) is 5.72. The fourth-order valence-corrected chi connectivity index (χ4v) is 6.53. The van der Waals surface area contributed by atoms with E-state index < -0.39 is 21.9 Å². The largest absolute Gasteiger partial charge is 0.352 e. The Bertz CT molecular complexity index is 1470. The van der Waals surface area contributed by atoms with Crippen molar-refractivity contribution in [2.45, 2.75) is 63.6 Å². The summed E-state index contributed by atoms with van der Waals surface area (Å²) < 4.78 is 40.5. The Morgan fingerprint density at radius 1 is 0.976 bits per heavy atom. The SMILES string of the molecule is CS(=O)(=O)N(CCCC(=O)N(Cc1ccccc1Cl)[C@@H](Cc1ccccc1)C(=O)NC1CCCC1)c1ccccc1F. The van der Waals surface area contributed by atoms with Crippen LogP contribution in [-0.2, 0) is 32.6 Å². The van der Waals surface area contributed by atoms with Gasteiger partial charge in [-0.1, -0.05) is 85.1 Å². The second-order valence-electron chi connectivity index (χ2n) is 10.7. The van der Waals surface area contributed by atoms with Crippen LogP contribution in [0.1, 0.15) is 49.7 Å². The third kappa shape index (κ3) is 8.55. The van der Waals surface area contributed by atoms with Crippen LogP contribution < -0.4 is 9.62 Å². The monoisotopic (exact) mass is 613 g/mol. The lowest BCUT2D eigenvalue weighted by atomic mass is 10.0. The lowest BCUT2D eigenvalue weighted by molar-refractivity contribution is -0.141. The molecule has 0 heterocycles. The number of hydrogen-bond donors (Lipinski definition) is 1. The van der Waals surface area contributed by atoms with E-state index in [0.29, 0.717) is 17.0 Å². The van der Waals surface area contributed by atoms with Gasteiger partial charge in [0.2, 0.25) is 21.8 Å². The standard InChI is InChI=1S/C32H37ClFN3O4S/c1-42(40,41)37(29-19-10-9-18-28(29)34)21-11-20-31(38)36(23-25-14-5-8-17-27(25)33)30(22-24-12-3-2-4-13-24)32(39)35-26-15-6-7-16-26/h2-5,8-10,12-14,17-19,26,30H,6-7,11,15-16,20-23H2,1H3,(H,35,39)/t30-/m0/s1. The molecule has 2 amide bonds. The summed E-state index contributed by atoms with van der Waals surface area (Å²) in [5.74, 6) is -1.21. The van der Waals surface area contributed by atoms with E-state index in [-0.39, 0.29) is 49.5 Å². The fourth-order valence-electron chi connectivity index (χ4n) is 5.37. The van der Waals surface area contributed by atoms with Gasteiger partial charge in [0.05, 0.1) is 11.9 Å². The van der Waals surface area contributed by atoms with Crippen molar-refractivity contribution in [1.29, 1.82) is 0 Å². The minimum atomic E-state index is -3.81. The molecular formula is C32H37ClFN3O4S. The third-order valence-corrected chi connectivity index (χ3v) is 9.09. The number of sulfonamides is 1. The summed E-state index contributed by atoms with van der Waals surface area (Å²) in [6, 6.07) is 21.6. The minimum absolute atomic E-state index is 0.0487. The molecule has 1 fully saturated rings. The number of rotatable bonds is 13. The fraction of sp³-hybridized carbons (Fsp3) is 0.375. The molecule has 0 aromatic heterocycles. The Balaban J connectivity index is 1.60. The van der Waals surface area contributed by atoms with Crippen molar-refractivity contribution in [2.24, 2.45) is 0 Å². The van der Waals surface area contributed by atoms with Gasteiger partial charge >= 0.3 is 0 Å². The van der Waals surface area contributed by atoms with E-state index in [1.54, 1.807) is 23.1 Å². The van der Waals surface area contributed by atoms with Crippen LogP contribution in [0.5, 0.6) is 0 Å². The van der Waals surface area contributed by atoms with E-state index >= 15 is 0 Å². The van der Waals surface area contributed by atoms with E-state index in [4.69, 9.17) is 11.6 Å². The van der Waals surface area contributed by atoms with Crippen molar-refractivity contribution >= 4 is 39.1 Å². The molecule has 3 aromatic carbocycles. The van der Waals surface area contributed by atoms with Gasteiger partial charge in [0, 0.05) is 37.0 Å². The molecule has 1 aliphatic rings. The quantitative estimate of drug-likeness (QED) is 0.267. The molecule has 224 valence electrons. The summed E-state index contributed by atoms with van der Waals surface area (Å²) in [6.07, 6.45) is 5.30. The van der Waals surface area contributed by atoms with Crippen molar-refractivity contribution in [1.82, 2.24) is 10.2 Å². The number of nitrogens with zero attached hydrogens (tertiary/aromatic N) is 2. The molecular weight excluding hydrogens is 577 g/mol. The van der Waals surface area contributed by atoms with E-state index in [0.717, 1.165) is 41.8 Å². The van der Waals surface area contributed by atoms with Gasteiger partial charge in [-0.25, -0.2) is 12.8 Å². The molecule has 0 unspecified atom stereocenters. The number of carbonyl (C=O) groups excluding carboxylic acids is 2. The molecule has 1 aliphatic carbocycles. The second-order valence-corrected chi connectivity index (χ2v) is 13.0. The minimum Gasteiger partial charge on any atom is -0.352 e. The molecule has 0 saturated heterocycles. The molecule has 1 saturated carbocycles. The van der Waals surface area contributed by atoms with Crippen molar-refractivity contribution in [3.8, 4) is 0 Å². The van der Waals surface area contributed by atoms with Gasteiger partial charge in [0.25, 0.3) is 0 Å². The lowest BCUT2D eigenvalue weighted by Gasteiger charge is -2.33. The highest BCUT2D eigenvalue weighted by molar-refractivity contribution is 7.92. The first-order valence-electron chi connectivity index (χ1n) is 14.2. The van der Waals surface area contributed by atoms with Crippen molar-refractivity contribution in [3.63, 3.8) is 0 Å². The number of halogens is 2. The number of carbonyl (C=O) groups is 2. The molecule has 0 aliphatic heterocycles. The molecule has 3 aromatic rings. The molecule has 42 heavy (non-hydrogen) atoms. The zero-order valence-corrected chi connectivity index (χ0v) is 25.3. The highest BCUT2D eigenvalue weighted by atomic mass is 35.5. The predicted molar refractivity (Wildman–Crippen MR) is 164 cm³/mol. The number of benzene rings is 3. The highest BCUT2D eigenvalue weighted by Gasteiger charge is 2.32. The summed E-state index contributed by atoms with van der Waals surface area (Å²) in [5, 5.41) is 3.64. The van der Waals surface area contributed by atoms with Crippen LogP contribution in [0.4, 0.5) is 10.1 Å². The number of anilines is 1. The van der Waals surface area contributed by atoms with Crippen molar-refractivity contribution in [2.75, 3.05) is 17.1 Å². The van der Waals surface area contributed by atoms with Crippen LogP contribution in [0.25, 0.3) is 0 Å². The van der Waals surface area contributed by atoms with Gasteiger partial charge in [0.15, 0.2) is 0 Å². The second kappa shape index (κ2) is 14.6. The average Bonchev–Trinajstić information content (AvgIpc) is 3.47. The normalized spacial score (nSPS) is 14.4. The molecule has 4 rings (SSSR count). The summed E-state index contributed by atoms with van der Waals surface area (Å²) in [6.45, 7) is 0.0141. The van der Waals surface area contributed by atoms with E-state index in [1.807, 2.05) is 42.5 Å². The Kier molecular flexibility index (Phi) is 11.0. The number of nitrogens with one attached hydrogen (secondary N) is 1. The van der Waals surface area contributed by atoms with Crippen LogP contribution in [0.15, 0.2) is 78.9 Å². The maximum absolute atomic E-state index is 14.5. The Hall–Kier alpha value is -3.43. The Labute approximate surface area is 252 Å². The van der Waals surface area contributed by atoms with Crippen molar-refractivity contribution < 1.29 is 22.4 Å². The van der Waals surface area contributed by atoms with Gasteiger partial charge in [-0.15, -0.1) is 0 Å². The van der Waals surface area contributed by atoms with Crippen LogP contribution in [0.3, 0.4) is 0 Å². The van der Waals surface area contributed by atoms with E-state index in [2.05, 4.69) is 5.32 Å². The number of hydrogen-bond acceptors (Lipinski definition) is 4. The maximum atomic E-state index is 14.5. The average molecular weight is 614 g/mol. The van der Waals surface area contributed by atoms with Gasteiger partial charge < -0.3 is 10.2 Å². The lowest BCUT2D eigenvalue weighted by Crippen LogP contribution is -2.52. The first kappa shape index (κ1) is 31.5. The summed E-state index contributed by atoms with van der Waals surface area (Å²) in [7, 11) is -3.81. The van der Waals surface area contributed by atoms with Gasteiger partial charge in [0.1, 0.15) is 11.9 Å². The summed E-state index contributed by atoms with van der Waals surface area (Å²) >= 11 is 6.49. The molecule has 1 atom stereocenters. The topological polar surface area (TPSA) is 86.8 Å². The first-order valence-corrected chi connectivity index (χ1v) is 16.5. The van der Waals surface area contributed by atoms with E-state index in [9.17, 15) is 22.4 Å². The summed E-state index contributed by atoms with van der Waals surface area (Å²) in [4.78, 5) is 29.3. The van der Waals surface area contributed by atoms with E-state index in [1.165, 1.54) is 18.2 Å². The maximum Gasteiger partial charge on any atom is 0.243 e. The number of para-hydroxylation sites is 1. The van der Waals surface area contributed by atoms with Gasteiger partial charge in [-0.2, -0.15) is 0 Å². The van der Waals surface area contributed by atoms with Crippen molar-refractivity contribution in [3.05, 3.63) is 101 Å². The molecule has 10 heteroatoms. The van der Waals surface area contributed by atoms with Gasteiger partial charge in [-0.3, -0.25) is 13.9 Å². The Morgan fingerprint density at radius 2 is 1.62 bits per heavy atom. The van der Waals surface area contributed by atoms with Crippen LogP contribution in [-0.4, -0.2) is 50.0 Å². The molecule has 7 nitrogen and oxygen atoms in total. The molecule has 0 spiro atoms. The summed E-state index contributed by atoms with van der Waals surface area (Å²) in [5.41, 5.74) is 1.53. The van der Waals surface area contributed by atoms with Crippen LogP contribution >= 0.6 is 11.6 Å². The molecule has 0 bridgehead atoms. The highest BCUT2D eigenvalue weighted by Crippen LogP contribution is 2.25. The van der Waals surface area contributed by atoms with Gasteiger partial charge in [-0.05, 0) is 48.6 Å². The zero-order valence-electron chi connectivity index (χ0n) is 23.7. The zero-order chi connectivity index (χ0) is 30.1. The molecule has 0 radical (unpaired) electrons. The first-order chi connectivity index (χ1) is 20.1.